The Balaban J connectivity index is 1.80. The van der Waals surface area contributed by atoms with Gasteiger partial charge in [0.05, 0.1) is 6.61 Å². The van der Waals surface area contributed by atoms with Gasteiger partial charge >= 0.3 is 5.97 Å². The van der Waals surface area contributed by atoms with Crippen LogP contribution in [-0.4, -0.2) is 31.6 Å². The van der Waals surface area contributed by atoms with E-state index in [1.54, 1.807) is 31.2 Å². The molecular formula is C19H21NO4. The number of carbonyl (C=O) groups excluding carboxylic acids is 2. The molecule has 0 aliphatic heterocycles. The lowest BCUT2D eigenvalue weighted by Crippen LogP contribution is -2.30. The first-order chi connectivity index (χ1) is 11.7. The number of hydrogen-bond acceptors (Lipinski definition) is 4. The second kappa shape index (κ2) is 9.35. The molecule has 0 aliphatic rings. The van der Waals surface area contributed by atoms with Gasteiger partial charge in [-0.05, 0) is 31.0 Å². The third kappa shape index (κ3) is 5.43. The highest BCUT2D eigenvalue weighted by molar-refractivity contribution is 5.92. The monoisotopic (exact) mass is 327 g/mol. The first-order valence-electron chi connectivity index (χ1n) is 7.90. The number of amides is 1. The minimum absolute atomic E-state index is 0.148. The summed E-state index contributed by atoms with van der Waals surface area (Å²) >= 11 is 0. The van der Waals surface area contributed by atoms with Crippen LogP contribution in [0.3, 0.4) is 0 Å². The van der Waals surface area contributed by atoms with Crippen LogP contribution in [0.2, 0.25) is 0 Å². The normalized spacial score (nSPS) is 10.0. The summed E-state index contributed by atoms with van der Waals surface area (Å²) in [6.07, 6.45) is 0.756. The van der Waals surface area contributed by atoms with E-state index in [0.29, 0.717) is 17.9 Å². The van der Waals surface area contributed by atoms with Crippen molar-refractivity contribution in [2.45, 2.75) is 13.3 Å². The number of esters is 1. The van der Waals surface area contributed by atoms with Crippen molar-refractivity contribution in [3.05, 3.63) is 65.7 Å². The summed E-state index contributed by atoms with van der Waals surface area (Å²) in [6.45, 7) is 2.41. The fraction of sp³-hybridized carbons (Fsp3) is 0.263. The van der Waals surface area contributed by atoms with Crippen LogP contribution in [0.1, 0.15) is 22.8 Å². The van der Waals surface area contributed by atoms with Crippen LogP contribution < -0.4 is 10.1 Å². The van der Waals surface area contributed by atoms with E-state index >= 15 is 0 Å². The maximum atomic E-state index is 11.9. The van der Waals surface area contributed by atoms with Crippen molar-refractivity contribution in [3.8, 4) is 5.75 Å². The number of hydrogen-bond donors (Lipinski definition) is 1. The molecule has 2 aromatic rings. The first kappa shape index (κ1) is 17.5. The van der Waals surface area contributed by atoms with E-state index in [9.17, 15) is 9.59 Å². The Morgan fingerprint density at radius 1 is 1.00 bits per heavy atom. The SMILES string of the molecule is CCOC(=O)c1ccccc1OCC(=O)NCCc1ccccc1. The van der Waals surface area contributed by atoms with Crippen molar-refractivity contribution in [2.75, 3.05) is 19.8 Å². The van der Waals surface area contributed by atoms with Gasteiger partial charge in [0, 0.05) is 6.54 Å². The van der Waals surface area contributed by atoms with Gasteiger partial charge in [-0.25, -0.2) is 4.79 Å². The van der Waals surface area contributed by atoms with Crippen molar-refractivity contribution in [3.63, 3.8) is 0 Å². The smallest absolute Gasteiger partial charge is 0.341 e. The molecule has 0 bridgehead atoms. The third-order valence-corrected chi connectivity index (χ3v) is 3.32. The summed E-state index contributed by atoms with van der Waals surface area (Å²) in [7, 11) is 0. The molecule has 5 heteroatoms. The summed E-state index contributed by atoms with van der Waals surface area (Å²) in [4.78, 5) is 23.7. The predicted molar refractivity (Wildman–Crippen MR) is 91.0 cm³/mol. The zero-order chi connectivity index (χ0) is 17.2. The Hall–Kier alpha value is -2.82. The zero-order valence-corrected chi connectivity index (χ0v) is 13.7. The van der Waals surface area contributed by atoms with E-state index in [2.05, 4.69) is 5.32 Å². The van der Waals surface area contributed by atoms with Gasteiger partial charge in [-0.1, -0.05) is 42.5 Å². The lowest BCUT2D eigenvalue weighted by atomic mass is 10.1. The summed E-state index contributed by atoms with van der Waals surface area (Å²) < 4.78 is 10.4. The molecule has 5 nitrogen and oxygen atoms in total. The van der Waals surface area contributed by atoms with Crippen molar-refractivity contribution in [2.24, 2.45) is 0 Å². The number of rotatable bonds is 8. The molecule has 2 rings (SSSR count). The molecule has 0 saturated carbocycles. The maximum Gasteiger partial charge on any atom is 0.341 e. The molecule has 0 fully saturated rings. The molecule has 0 spiro atoms. The lowest BCUT2D eigenvalue weighted by molar-refractivity contribution is -0.123. The fourth-order valence-electron chi connectivity index (χ4n) is 2.16. The number of para-hydroxylation sites is 1. The molecule has 0 aliphatic carbocycles. The van der Waals surface area contributed by atoms with Crippen molar-refractivity contribution >= 4 is 11.9 Å². The molecule has 0 saturated heterocycles. The number of nitrogens with one attached hydrogen (secondary N) is 1. The number of benzene rings is 2. The molecule has 0 heterocycles. The van der Waals surface area contributed by atoms with E-state index in [1.807, 2.05) is 30.3 Å². The Morgan fingerprint density at radius 3 is 2.46 bits per heavy atom. The van der Waals surface area contributed by atoms with Crippen LogP contribution in [0, 0.1) is 0 Å². The lowest BCUT2D eigenvalue weighted by Gasteiger charge is -2.11. The summed E-state index contributed by atoms with van der Waals surface area (Å²) in [5, 5.41) is 2.80. The standard InChI is InChI=1S/C19H21NO4/c1-2-23-19(22)16-10-6-7-11-17(16)24-14-18(21)20-13-12-15-8-4-3-5-9-15/h3-11H,2,12-14H2,1H3,(H,20,21). The van der Waals surface area contributed by atoms with Gasteiger partial charge in [0.25, 0.3) is 5.91 Å². The third-order valence-electron chi connectivity index (χ3n) is 3.32. The Kier molecular flexibility index (Phi) is 6.83. The van der Waals surface area contributed by atoms with Crippen molar-refractivity contribution in [1.82, 2.24) is 5.32 Å². The quantitative estimate of drug-likeness (QED) is 0.757. The topological polar surface area (TPSA) is 64.6 Å². The van der Waals surface area contributed by atoms with Crippen LogP contribution in [0.4, 0.5) is 0 Å². The fourth-order valence-corrected chi connectivity index (χ4v) is 2.16. The van der Waals surface area contributed by atoms with E-state index < -0.39 is 5.97 Å². The predicted octanol–water partition coefficient (Wildman–Crippen LogP) is 2.60. The van der Waals surface area contributed by atoms with Crippen LogP contribution >= 0.6 is 0 Å². The van der Waals surface area contributed by atoms with Gasteiger partial charge in [0.1, 0.15) is 11.3 Å². The van der Waals surface area contributed by atoms with Gasteiger partial charge in [0.15, 0.2) is 6.61 Å². The Bertz CT molecular complexity index is 670. The molecule has 0 atom stereocenters. The molecule has 24 heavy (non-hydrogen) atoms. The molecular weight excluding hydrogens is 306 g/mol. The summed E-state index contributed by atoms with van der Waals surface area (Å²) in [5.74, 6) is -0.351. The van der Waals surface area contributed by atoms with Crippen LogP contribution in [0.15, 0.2) is 54.6 Å². The van der Waals surface area contributed by atoms with Crippen LogP contribution in [0.25, 0.3) is 0 Å². The number of ether oxygens (including phenoxy) is 2. The molecule has 1 amide bonds. The van der Waals surface area contributed by atoms with Gasteiger partial charge in [-0.15, -0.1) is 0 Å². The van der Waals surface area contributed by atoms with E-state index in [0.717, 1.165) is 12.0 Å². The van der Waals surface area contributed by atoms with Gasteiger partial charge in [-0.2, -0.15) is 0 Å². The van der Waals surface area contributed by atoms with Gasteiger partial charge in [-0.3, -0.25) is 4.79 Å². The average molecular weight is 327 g/mol. The van der Waals surface area contributed by atoms with E-state index in [4.69, 9.17) is 9.47 Å². The second-order valence-electron chi connectivity index (χ2n) is 5.09. The highest BCUT2D eigenvalue weighted by Gasteiger charge is 2.13. The molecule has 0 aromatic heterocycles. The molecule has 0 radical (unpaired) electrons. The zero-order valence-electron chi connectivity index (χ0n) is 13.7. The molecule has 2 aromatic carbocycles. The summed E-state index contributed by atoms with van der Waals surface area (Å²) in [5.41, 5.74) is 1.47. The molecule has 1 N–H and O–H groups in total. The largest absolute Gasteiger partial charge is 0.483 e. The highest BCUT2D eigenvalue weighted by Crippen LogP contribution is 2.18. The second-order valence-corrected chi connectivity index (χ2v) is 5.09. The highest BCUT2D eigenvalue weighted by atomic mass is 16.5. The summed E-state index contributed by atoms with van der Waals surface area (Å²) in [6, 6.07) is 16.6. The Labute approximate surface area is 141 Å². The van der Waals surface area contributed by atoms with E-state index in [1.165, 1.54) is 0 Å². The number of carbonyl (C=O) groups is 2. The Morgan fingerprint density at radius 2 is 1.71 bits per heavy atom. The van der Waals surface area contributed by atoms with Crippen LogP contribution in [-0.2, 0) is 16.0 Å². The molecule has 0 unspecified atom stereocenters. The average Bonchev–Trinajstić information content (AvgIpc) is 2.61. The minimum Gasteiger partial charge on any atom is -0.483 e. The van der Waals surface area contributed by atoms with Crippen molar-refractivity contribution < 1.29 is 19.1 Å². The first-order valence-corrected chi connectivity index (χ1v) is 7.90. The van der Waals surface area contributed by atoms with Gasteiger partial charge < -0.3 is 14.8 Å². The molecule has 126 valence electrons. The maximum absolute atomic E-state index is 11.9. The van der Waals surface area contributed by atoms with Gasteiger partial charge in [0.2, 0.25) is 0 Å². The van der Waals surface area contributed by atoms with Crippen LogP contribution in [0.5, 0.6) is 5.75 Å². The minimum atomic E-state index is -0.461. The van der Waals surface area contributed by atoms with Crippen molar-refractivity contribution in [1.29, 1.82) is 0 Å². The van der Waals surface area contributed by atoms with E-state index in [-0.39, 0.29) is 19.1 Å².